The second-order valence-electron chi connectivity index (χ2n) is 4.34. The van der Waals surface area contributed by atoms with Crippen molar-refractivity contribution in [2.24, 2.45) is 5.92 Å². The molecule has 3 atom stereocenters. The average Bonchev–Trinajstić information content (AvgIpc) is 2.77. The number of halogens is 1. The number of nitrogens with one attached hydrogen (secondary N) is 1. The van der Waals surface area contributed by atoms with Crippen LogP contribution < -0.4 is 5.32 Å². The maximum absolute atomic E-state index is 11.9. The molecule has 17 heavy (non-hydrogen) atoms. The lowest BCUT2D eigenvalue weighted by atomic mass is 9.99. The highest BCUT2D eigenvalue weighted by molar-refractivity contribution is 9.09. The first-order valence-corrected chi connectivity index (χ1v) is 7.12. The molecule has 0 radical (unpaired) electrons. The normalized spacial score (nSPS) is 25.8. The molecular weight excluding hydrogens is 286 g/mol. The smallest absolute Gasteiger partial charge is 0.225 e. The Balaban J connectivity index is 2.20. The molecule has 0 aromatic carbocycles. The van der Waals surface area contributed by atoms with Crippen molar-refractivity contribution >= 4 is 21.8 Å². The molecule has 1 aliphatic heterocycles. The Hall–Kier alpha value is -0.130. The second kappa shape index (κ2) is 8.06. The molecular formula is C12H22BrNO3. The molecule has 1 rings (SSSR count). The van der Waals surface area contributed by atoms with Gasteiger partial charge in [-0.3, -0.25) is 4.79 Å². The Kier molecular flexibility index (Phi) is 7.08. The monoisotopic (exact) mass is 307 g/mol. The molecule has 1 saturated heterocycles. The van der Waals surface area contributed by atoms with Crippen molar-refractivity contribution in [3.8, 4) is 0 Å². The number of hydrogen-bond acceptors (Lipinski definition) is 3. The zero-order chi connectivity index (χ0) is 12.7. The summed E-state index contributed by atoms with van der Waals surface area (Å²) in [7, 11) is 1.68. The first-order valence-electron chi connectivity index (χ1n) is 6.21. The van der Waals surface area contributed by atoms with Crippen LogP contribution in [0.3, 0.4) is 0 Å². The standard InChI is InChI=1S/C12H22BrNO3/c1-3-11-10(5-7-17-11)12(15)14-6-4-9(13)8-16-2/h9-11H,3-8H2,1-2H3,(H,14,15). The van der Waals surface area contributed by atoms with Crippen LogP contribution in [0.25, 0.3) is 0 Å². The van der Waals surface area contributed by atoms with E-state index in [0.717, 1.165) is 19.3 Å². The van der Waals surface area contributed by atoms with Crippen LogP contribution >= 0.6 is 15.9 Å². The predicted octanol–water partition coefficient (Wildman–Crippen LogP) is 1.72. The lowest BCUT2D eigenvalue weighted by Gasteiger charge is -2.17. The molecule has 1 N–H and O–H groups in total. The van der Waals surface area contributed by atoms with Gasteiger partial charge in [0.25, 0.3) is 0 Å². The van der Waals surface area contributed by atoms with Gasteiger partial charge in [0.2, 0.25) is 5.91 Å². The Morgan fingerprint density at radius 3 is 3.06 bits per heavy atom. The zero-order valence-corrected chi connectivity index (χ0v) is 12.2. The van der Waals surface area contributed by atoms with Gasteiger partial charge in [0.05, 0.1) is 18.6 Å². The van der Waals surface area contributed by atoms with Gasteiger partial charge in [0.1, 0.15) is 0 Å². The summed E-state index contributed by atoms with van der Waals surface area (Å²) in [4.78, 5) is 12.2. The lowest BCUT2D eigenvalue weighted by molar-refractivity contribution is -0.126. The Labute approximate surface area is 112 Å². The minimum atomic E-state index is 0.0381. The largest absolute Gasteiger partial charge is 0.384 e. The number of hydrogen-bond donors (Lipinski definition) is 1. The summed E-state index contributed by atoms with van der Waals surface area (Å²) in [5.41, 5.74) is 0. The van der Waals surface area contributed by atoms with Gasteiger partial charge >= 0.3 is 0 Å². The molecule has 5 heteroatoms. The maximum atomic E-state index is 11.9. The van der Waals surface area contributed by atoms with Crippen molar-refractivity contribution in [2.45, 2.75) is 37.1 Å². The summed E-state index contributed by atoms with van der Waals surface area (Å²) in [6.45, 7) is 4.12. The van der Waals surface area contributed by atoms with Crippen LogP contribution in [0.4, 0.5) is 0 Å². The molecule has 100 valence electrons. The molecule has 0 bridgehead atoms. The van der Waals surface area contributed by atoms with Gasteiger partial charge in [-0.15, -0.1) is 0 Å². The Bertz CT molecular complexity index is 238. The first kappa shape index (κ1) is 14.9. The highest BCUT2D eigenvalue weighted by Crippen LogP contribution is 2.23. The summed E-state index contributed by atoms with van der Waals surface area (Å²) in [5, 5.41) is 2.97. The molecule has 1 fully saturated rings. The van der Waals surface area contributed by atoms with Gasteiger partial charge in [-0.25, -0.2) is 0 Å². The number of methoxy groups -OCH3 is 1. The van der Waals surface area contributed by atoms with E-state index in [1.807, 2.05) is 0 Å². The number of amides is 1. The van der Waals surface area contributed by atoms with E-state index in [2.05, 4.69) is 28.2 Å². The summed E-state index contributed by atoms with van der Waals surface area (Å²) in [5.74, 6) is 0.169. The molecule has 0 aliphatic carbocycles. The van der Waals surface area contributed by atoms with Crippen LogP contribution in [0.1, 0.15) is 26.2 Å². The molecule has 1 heterocycles. The fourth-order valence-corrected chi connectivity index (χ4v) is 2.59. The average molecular weight is 308 g/mol. The van der Waals surface area contributed by atoms with Crippen LogP contribution in [0.2, 0.25) is 0 Å². The third-order valence-electron chi connectivity index (χ3n) is 3.05. The van der Waals surface area contributed by atoms with Gasteiger partial charge in [0, 0.05) is 25.1 Å². The van der Waals surface area contributed by atoms with Crippen molar-refractivity contribution in [1.29, 1.82) is 0 Å². The van der Waals surface area contributed by atoms with Gasteiger partial charge in [-0.2, -0.15) is 0 Å². The summed E-state index contributed by atoms with van der Waals surface area (Å²) in [6, 6.07) is 0. The molecule has 1 aliphatic rings. The van der Waals surface area contributed by atoms with E-state index in [4.69, 9.17) is 9.47 Å². The lowest BCUT2D eigenvalue weighted by Crippen LogP contribution is -2.36. The van der Waals surface area contributed by atoms with Crippen LogP contribution in [-0.4, -0.2) is 43.7 Å². The van der Waals surface area contributed by atoms with E-state index in [-0.39, 0.29) is 17.9 Å². The van der Waals surface area contributed by atoms with Crippen LogP contribution in [0, 0.1) is 5.92 Å². The van der Waals surface area contributed by atoms with Crippen molar-refractivity contribution in [3.63, 3.8) is 0 Å². The summed E-state index contributed by atoms with van der Waals surface area (Å²) in [6.07, 6.45) is 2.74. The highest BCUT2D eigenvalue weighted by Gasteiger charge is 2.32. The second-order valence-corrected chi connectivity index (χ2v) is 5.64. The van der Waals surface area contributed by atoms with Crippen molar-refractivity contribution in [2.75, 3.05) is 26.9 Å². The number of ether oxygens (including phenoxy) is 2. The molecule has 0 saturated carbocycles. The number of carbonyl (C=O) groups is 1. The SMILES string of the molecule is CCC1OCCC1C(=O)NCCC(Br)COC. The highest BCUT2D eigenvalue weighted by atomic mass is 79.9. The van der Waals surface area contributed by atoms with E-state index in [1.165, 1.54) is 0 Å². The topological polar surface area (TPSA) is 47.6 Å². The Morgan fingerprint density at radius 1 is 1.65 bits per heavy atom. The quantitative estimate of drug-likeness (QED) is 0.729. The summed E-state index contributed by atoms with van der Waals surface area (Å²) >= 11 is 3.50. The molecule has 3 unspecified atom stereocenters. The van der Waals surface area contributed by atoms with E-state index in [9.17, 15) is 4.79 Å². The van der Waals surface area contributed by atoms with Crippen molar-refractivity contribution in [3.05, 3.63) is 0 Å². The zero-order valence-electron chi connectivity index (χ0n) is 10.6. The summed E-state index contributed by atoms with van der Waals surface area (Å²) < 4.78 is 10.5. The molecule has 0 spiro atoms. The number of alkyl halides is 1. The van der Waals surface area contributed by atoms with E-state index in [1.54, 1.807) is 7.11 Å². The van der Waals surface area contributed by atoms with Crippen LogP contribution in [0.5, 0.6) is 0 Å². The molecule has 4 nitrogen and oxygen atoms in total. The van der Waals surface area contributed by atoms with Crippen molar-refractivity contribution < 1.29 is 14.3 Å². The Morgan fingerprint density at radius 2 is 2.41 bits per heavy atom. The third kappa shape index (κ3) is 4.94. The fraction of sp³-hybridized carbons (Fsp3) is 0.917. The van der Waals surface area contributed by atoms with Crippen LogP contribution in [-0.2, 0) is 14.3 Å². The maximum Gasteiger partial charge on any atom is 0.225 e. The molecule has 1 amide bonds. The predicted molar refractivity (Wildman–Crippen MR) is 70.4 cm³/mol. The number of rotatable bonds is 7. The van der Waals surface area contributed by atoms with E-state index < -0.39 is 0 Å². The molecule has 0 aromatic rings. The third-order valence-corrected chi connectivity index (χ3v) is 3.78. The minimum absolute atomic E-state index is 0.0381. The van der Waals surface area contributed by atoms with Crippen LogP contribution in [0.15, 0.2) is 0 Å². The van der Waals surface area contributed by atoms with E-state index in [0.29, 0.717) is 24.6 Å². The number of carbonyl (C=O) groups excluding carboxylic acids is 1. The van der Waals surface area contributed by atoms with Gasteiger partial charge in [-0.1, -0.05) is 22.9 Å². The van der Waals surface area contributed by atoms with E-state index >= 15 is 0 Å². The van der Waals surface area contributed by atoms with Crippen molar-refractivity contribution in [1.82, 2.24) is 5.32 Å². The van der Waals surface area contributed by atoms with Gasteiger partial charge in [-0.05, 0) is 19.3 Å². The minimum Gasteiger partial charge on any atom is -0.384 e. The first-order chi connectivity index (χ1) is 8.19. The van der Waals surface area contributed by atoms with Gasteiger partial charge in [0.15, 0.2) is 0 Å². The van der Waals surface area contributed by atoms with Gasteiger partial charge < -0.3 is 14.8 Å². The fourth-order valence-electron chi connectivity index (χ4n) is 2.10. The molecule has 0 aromatic heterocycles.